The van der Waals surface area contributed by atoms with Gasteiger partial charge < -0.3 is 10.3 Å². The van der Waals surface area contributed by atoms with Crippen LogP contribution in [0.3, 0.4) is 0 Å². The van der Waals surface area contributed by atoms with Gasteiger partial charge in [0.1, 0.15) is 10.8 Å². The maximum Gasteiger partial charge on any atom is 0.253 e. The molecule has 3 heterocycles. The molecular formula is C17H14ClFN6OS. The van der Waals surface area contributed by atoms with Gasteiger partial charge in [-0.1, -0.05) is 28.2 Å². The fourth-order valence-corrected chi connectivity index (χ4v) is 3.82. The molecule has 0 saturated heterocycles. The lowest BCUT2D eigenvalue weighted by atomic mass is 10.1. The summed E-state index contributed by atoms with van der Waals surface area (Å²) in [6, 6.07) is 4.09. The first kappa shape index (κ1) is 17.6. The minimum absolute atomic E-state index is 0.00822. The number of aromatic amines is 1. The van der Waals surface area contributed by atoms with Crippen molar-refractivity contribution in [2.75, 3.05) is 5.32 Å². The van der Waals surface area contributed by atoms with Crippen LogP contribution in [0.4, 0.5) is 9.52 Å². The molecule has 0 aliphatic heterocycles. The summed E-state index contributed by atoms with van der Waals surface area (Å²) >= 11 is 7.25. The second-order valence-electron chi connectivity index (χ2n) is 6.06. The van der Waals surface area contributed by atoms with E-state index < -0.39 is 5.82 Å². The molecule has 1 unspecified atom stereocenters. The van der Waals surface area contributed by atoms with Crippen LogP contribution in [0.2, 0.25) is 5.02 Å². The van der Waals surface area contributed by atoms with Crippen molar-refractivity contribution >= 4 is 39.0 Å². The molecule has 0 spiro atoms. The SMILES string of the molecule is Cc1cnnn1-c1cnc(NC(C)c2cc3cc(Cl)c(F)cc3[nH]c2=O)s1. The van der Waals surface area contributed by atoms with Crippen molar-refractivity contribution in [1.29, 1.82) is 0 Å². The summed E-state index contributed by atoms with van der Waals surface area (Å²) < 4.78 is 15.3. The number of pyridine rings is 1. The Morgan fingerprint density at radius 3 is 2.89 bits per heavy atom. The molecular weight excluding hydrogens is 391 g/mol. The summed E-state index contributed by atoms with van der Waals surface area (Å²) in [7, 11) is 0. The minimum Gasteiger partial charge on any atom is -0.355 e. The number of benzene rings is 1. The predicted molar refractivity (Wildman–Crippen MR) is 103 cm³/mol. The molecule has 0 amide bonds. The van der Waals surface area contributed by atoms with Crippen LogP contribution >= 0.6 is 22.9 Å². The molecule has 2 N–H and O–H groups in total. The highest BCUT2D eigenvalue weighted by molar-refractivity contribution is 7.17. The number of hydrogen-bond donors (Lipinski definition) is 2. The summed E-state index contributed by atoms with van der Waals surface area (Å²) in [5.74, 6) is -0.572. The van der Waals surface area contributed by atoms with Crippen molar-refractivity contribution in [1.82, 2.24) is 25.0 Å². The number of anilines is 1. The second-order valence-corrected chi connectivity index (χ2v) is 7.48. The normalized spacial score (nSPS) is 12.4. The standard InChI is InChI=1S/C17H14ClFN6OS/c1-8-6-21-24-25(8)15-7-20-17(27-15)22-9(2)11-3-10-4-12(18)13(19)5-14(10)23-16(11)26/h3-7,9H,1-2H3,(H,20,22)(H,23,26). The number of rotatable bonds is 4. The fraction of sp³-hybridized carbons (Fsp3) is 0.176. The Labute approximate surface area is 161 Å². The molecule has 138 valence electrons. The Morgan fingerprint density at radius 2 is 2.15 bits per heavy atom. The third-order valence-electron chi connectivity index (χ3n) is 4.14. The van der Waals surface area contributed by atoms with Crippen molar-refractivity contribution in [3.8, 4) is 5.00 Å². The van der Waals surface area contributed by atoms with Gasteiger partial charge in [-0.2, -0.15) is 0 Å². The van der Waals surface area contributed by atoms with Gasteiger partial charge in [0.15, 0.2) is 5.13 Å². The van der Waals surface area contributed by atoms with Crippen LogP contribution in [0, 0.1) is 12.7 Å². The number of hydrogen-bond acceptors (Lipinski definition) is 6. The van der Waals surface area contributed by atoms with Crippen molar-refractivity contribution in [2.24, 2.45) is 0 Å². The number of thiazole rings is 1. The van der Waals surface area contributed by atoms with E-state index in [0.29, 0.717) is 21.6 Å². The molecule has 0 saturated carbocycles. The monoisotopic (exact) mass is 404 g/mol. The zero-order valence-electron chi connectivity index (χ0n) is 14.3. The maximum absolute atomic E-state index is 13.6. The van der Waals surface area contributed by atoms with E-state index in [1.807, 2.05) is 13.8 Å². The average Bonchev–Trinajstić information content (AvgIpc) is 3.24. The molecule has 27 heavy (non-hydrogen) atoms. The number of H-pyrrole nitrogens is 1. The number of aryl methyl sites for hydroxylation is 1. The van der Waals surface area contributed by atoms with E-state index in [4.69, 9.17) is 11.6 Å². The fourth-order valence-electron chi connectivity index (χ4n) is 2.74. The van der Waals surface area contributed by atoms with Crippen LogP contribution < -0.4 is 10.9 Å². The zero-order valence-corrected chi connectivity index (χ0v) is 15.9. The molecule has 4 aromatic rings. The molecule has 4 rings (SSSR count). The van der Waals surface area contributed by atoms with Gasteiger partial charge in [-0.15, -0.1) is 5.10 Å². The second kappa shape index (κ2) is 6.75. The quantitative estimate of drug-likeness (QED) is 0.539. The van der Waals surface area contributed by atoms with Crippen molar-refractivity contribution in [3.63, 3.8) is 0 Å². The van der Waals surface area contributed by atoms with Crippen LogP contribution in [0.5, 0.6) is 0 Å². The van der Waals surface area contributed by atoms with Gasteiger partial charge >= 0.3 is 0 Å². The number of halogens is 2. The number of nitrogens with zero attached hydrogens (tertiary/aromatic N) is 4. The van der Waals surface area contributed by atoms with Gasteiger partial charge in [0.25, 0.3) is 5.56 Å². The first-order valence-electron chi connectivity index (χ1n) is 8.04. The van der Waals surface area contributed by atoms with Gasteiger partial charge in [-0.25, -0.2) is 14.1 Å². The Bertz CT molecular complexity index is 1200. The number of fused-ring (bicyclic) bond motifs is 1. The van der Waals surface area contributed by atoms with Gasteiger partial charge in [0.2, 0.25) is 0 Å². The van der Waals surface area contributed by atoms with E-state index in [1.165, 1.54) is 23.5 Å². The molecule has 0 aliphatic rings. The van der Waals surface area contributed by atoms with E-state index in [-0.39, 0.29) is 16.6 Å². The van der Waals surface area contributed by atoms with E-state index in [2.05, 4.69) is 25.6 Å². The highest BCUT2D eigenvalue weighted by Gasteiger charge is 2.15. The summed E-state index contributed by atoms with van der Waals surface area (Å²) in [5, 5.41) is 13.2. The molecule has 0 radical (unpaired) electrons. The molecule has 0 fully saturated rings. The lowest BCUT2D eigenvalue weighted by molar-refractivity contribution is 0.629. The molecule has 0 bridgehead atoms. The number of aromatic nitrogens is 5. The van der Waals surface area contributed by atoms with E-state index in [1.54, 1.807) is 23.1 Å². The molecule has 10 heteroatoms. The average molecular weight is 405 g/mol. The first-order valence-corrected chi connectivity index (χ1v) is 9.24. The topological polar surface area (TPSA) is 88.5 Å². The van der Waals surface area contributed by atoms with Gasteiger partial charge in [-0.05, 0) is 32.0 Å². The van der Waals surface area contributed by atoms with E-state index in [9.17, 15) is 9.18 Å². The van der Waals surface area contributed by atoms with Crippen LogP contribution in [0.15, 0.2) is 35.4 Å². The van der Waals surface area contributed by atoms with E-state index >= 15 is 0 Å². The summed E-state index contributed by atoms with van der Waals surface area (Å²) in [6.07, 6.45) is 3.35. The van der Waals surface area contributed by atoms with Crippen molar-refractivity contribution in [2.45, 2.75) is 19.9 Å². The summed E-state index contributed by atoms with van der Waals surface area (Å²) in [5.41, 5.74) is 1.50. The third kappa shape index (κ3) is 3.31. The lowest BCUT2D eigenvalue weighted by Crippen LogP contribution is -2.19. The highest BCUT2D eigenvalue weighted by Crippen LogP contribution is 2.27. The van der Waals surface area contributed by atoms with Crippen LogP contribution in [0.1, 0.15) is 24.2 Å². The minimum atomic E-state index is -0.572. The third-order valence-corrected chi connectivity index (χ3v) is 5.34. The van der Waals surface area contributed by atoms with Crippen LogP contribution in [-0.4, -0.2) is 25.0 Å². The summed E-state index contributed by atoms with van der Waals surface area (Å²) in [4.78, 5) is 19.4. The molecule has 0 aliphatic carbocycles. The number of nitrogens with one attached hydrogen (secondary N) is 2. The van der Waals surface area contributed by atoms with Crippen molar-refractivity contribution in [3.05, 3.63) is 63.0 Å². The van der Waals surface area contributed by atoms with Gasteiger partial charge in [0.05, 0.1) is 34.7 Å². The summed E-state index contributed by atoms with van der Waals surface area (Å²) in [6.45, 7) is 3.75. The molecule has 1 atom stereocenters. The molecule has 7 nitrogen and oxygen atoms in total. The largest absolute Gasteiger partial charge is 0.355 e. The zero-order chi connectivity index (χ0) is 19.1. The predicted octanol–water partition coefficient (Wildman–Crippen LogP) is 3.84. The Morgan fingerprint density at radius 1 is 1.33 bits per heavy atom. The Hall–Kier alpha value is -2.78. The molecule has 3 aromatic heterocycles. The van der Waals surface area contributed by atoms with Crippen LogP contribution in [-0.2, 0) is 0 Å². The first-order chi connectivity index (χ1) is 12.9. The van der Waals surface area contributed by atoms with Crippen LogP contribution in [0.25, 0.3) is 15.9 Å². The Balaban J connectivity index is 1.63. The van der Waals surface area contributed by atoms with Gasteiger partial charge in [-0.3, -0.25) is 4.79 Å². The van der Waals surface area contributed by atoms with E-state index in [0.717, 1.165) is 10.7 Å². The molecule has 1 aromatic carbocycles. The Kier molecular flexibility index (Phi) is 4.40. The smallest absolute Gasteiger partial charge is 0.253 e. The lowest BCUT2D eigenvalue weighted by Gasteiger charge is -2.13. The van der Waals surface area contributed by atoms with Crippen molar-refractivity contribution < 1.29 is 4.39 Å². The maximum atomic E-state index is 13.6. The van der Waals surface area contributed by atoms with Gasteiger partial charge in [0, 0.05) is 10.9 Å². The highest BCUT2D eigenvalue weighted by atomic mass is 35.5.